The maximum absolute atomic E-state index is 11.1. The first-order valence-electron chi connectivity index (χ1n) is 5.32. The maximum Gasteiger partial charge on any atom is 0.348 e. The highest BCUT2D eigenvalue weighted by Gasteiger charge is 2.28. The van der Waals surface area contributed by atoms with E-state index in [4.69, 9.17) is 10.8 Å². The minimum Gasteiger partial charge on any atom is -0.477 e. The molecule has 3 nitrogen and oxygen atoms in total. The summed E-state index contributed by atoms with van der Waals surface area (Å²) < 4.78 is 0. The number of carboxylic acids is 1. The van der Waals surface area contributed by atoms with E-state index < -0.39 is 5.97 Å². The van der Waals surface area contributed by atoms with Gasteiger partial charge >= 0.3 is 5.97 Å². The van der Waals surface area contributed by atoms with Gasteiger partial charge in [0, 0.05) is 4.88 Å². The zero-order chi connectivity index (χ0) is 12.7. The van der Waals surface area contributed by atoms with Gasteiger partial charge in [-0.1, -0.05) is 34.6 Å². The number of anilines is 1. The molecule has 0 amide bonds. The molecule has 1 rings (SSSR count). The fourth-order valence-electron chi connectivity index (χ4n) is 1.75. The molecule has 1 heterocycles. The number of carboxylic acid groups (broad SMARTS) is 1. The normalized spacial score (nSPS) is 12.1. The van der Waals surface area contributed by atoms with Crippen molar-refractivity contribution in [2.24, 2.45) is 0 Å². The van der Waals surface area contributed by atoms with E-state index >= 15 is 0 Å². The quantitative estimate of drug-likeness (QED) is 0.833. The molecular weight excluding hydrogens is 222 g/mol. The predicted octanol–water partition coefficient (Wildman–Crippen LogP) is 3.45. The van der Waals surface area contributed by atoms with Crippen LogP contribution in [0.1, 0.15) is 60.6 Å². The number of nitrogen functional groups attached to an aromatic ring is 1. The van der Waals surface area contributed by atoms with Crippen LogP contribution in [0.25, 0.3) is 0 Å². The molecule has 0 unspecified atom stereocenters. The molecule has 3 N–H and O–H groups in total. The van der Waals surface area contributed by atoms with Crippen molar-refractivity contribution < 1.29 is 9.90 Å². The second kappa shape index (κ2) is 4.09. The highest BCUT2D eigenvalue weighted by atomic mass is 32.1. The van der Waals surface area contributed by atoms with Crippen molar-refractivity contribution in [3.63, 3.8) is 0 Å². The summed E-state index contributed by atoms with van der Waals surface area (Å²) in [6, 6.07) is 0. The monoisotopic (exact) mass is 241 g/mol. The van der Waals surface area contributed by atoms with E-state index in [1.54, 1.807) is 0 Å². The van der Waals surface area contributed by atoms with Crippen molar-refractivity contribution in [2.45, 2.75) is 46.0 Å². The number of carbonyl (C=O) groups is 1. The van der Waals surface area contributed by atoms with Crippen LogP contribution in [0.15, 0.2) is 0 Å². The molecule has 4 heteroatoms. The van der Waals surface area contributed by atoms with Crippen LogP contribution in [0.3, 0.4) is 0 Å². The number of thiophene rings is 1. The molecule has 16 heavy (non-hydrogen) atoms. The molecule has 0 saturated carbocycles. The third-order valence-electron chi connectivity index (χ3n) is 2.44. The lowest BCUT2D eigenvalue weighted by atomic mass is 9.87. The summed E-state index contributed by atoms with van der Waals surface area (Å²) in [6.07, 6.45) is 0. The van der Waals surface area contributed by atoms with Gasteiger partial charge in [-0.2, -0.15) is 0 Å². The Morgan fingerprint density at radius 3 is 2.12 bits per heavy atom. The fourth-order valence-corrected chi connectivity index (χ4v) is 3.02. The van der Waals surface area contributed by atoms with Crippen LogP contribution in [0.2, 0.25) is 0 Å². The largest absolute Gasteiger partial charge is 0.477 e. The van der Waals surface area contributed by atoms with E-state index in [-0.39, 0.29) is 16.2 Å². The van der Waals surface area contributed by atoms with Crippen molar-refractivity contribution in [1.82, 2.24) is 0 Å². The Labute approximate surface area is 100 Å². The first-order chi connectivity index (χ1) is 7.16. The topological polar surface area (TPSA) is 63.3 Å². The van der Waals surface area contributed by atoms with Gasteiger partial charge in [0.15, 0.2) is 0 Å². The predicted molar refractivity (Wildman–Crippen MR) is 68.5 cm³/mol. The Kier molecular flexibility index (Phi) is 3.33. The number of hydrogen-bond donors (Lipinski definition) is 2. The summed E-state index contributed by atoms with van der Waals surface area (Å²) in [5, 5.41) is 9.08. The molecule has 0 spiro atoms. The van der Waals surface area contributed by atoms with Gasteiger partial charge in [-0.15, -0.1) is 11.3 Å². The Hall–Kier alpha value is -1.03. The van der Waals surface area contributed by atoms with Crippen LogP contribution in [-0.4, -0.2) is 11.1 Å². The third-order valence-corrected chi connectivity index (χ3v) is 4.07. The van der Waals surface area contributed by atoms with E-state index in [1.807, 2.05) is 13.8 Å². The first-order valence-corrected chi connectivity index (χ1v) is 6.13. The molecule has 90 valence electrons. The molecule has 0 aliphatic carbocycles. The lowest BCUT2D eigenvalue weighted by Gasteiger charge is -2.20. The molecule has 0 aromatic carbocycles. The average molecular weight is 241 g/mol. The lowest BCUT2D eigenvalue weighted by molar-refractivity contribution is 0.0703. The molecule has 1 aromatic rings. The van der Waals surface area contributed by atoms with Crippen LogP contribution in [-0.2, 0) is 5.41 Å². The Morgan fingerprint density at radius 2 is 1.88 bits per heavy atom. The Bertz CT molecular complexity index is 413. The van der Waals surface area contributed by atoms with E-state index in [2.05, 4.69) is 20.8 Å². The summed E-state index contributed by atoms with van der Waals surface area (Å²) >= 11 is 1.30. The van der Waals surface area contributed by atoms with Crippen LogP contribution in [0, 0.1) is 0 Å². The summed E-state index contributed by atoms with van der Waals surface area (Å²) in [7, 11) is 0. The molecule has 0 radical (unpaired) electrons. The minimum absolute atomic E-state index is 0.0634. The molecule has 0 aliphatic heterocycles. The van der Waals surface area contributed by atoms with Crippen LogP contribution >= 0.6 is 11.3 Å². The summed E-state index contributed by atoms with van der Waals surface area (Å²) in [4.78, 5) is 12.4. The molecule has 0 aliphatic rings. The number of rotatable bonds is 2. The van der Waals surface area contributed by atoms with Crippen molar-refractivity contribution in [3.05, 3.63) is 15.3 Å². The van der Waals surface area contributed by atoms with Crippen molar-refractivity contribution in [2.75, 3.05) is 5.73 Å². The molecule has 1 aromatic heterocycles. The lowest BCUT2D eigenvalue weighted by Crippen LogP contribution is -2.12. The SMILES string of the molecule is CC(C)c1c(C(C)(C)C)sc(C(=O)O)c1N. The standard InChI is InChI=1S/C12H19NO2S/c1-6(2)7-8(13)9(11(14)15)16-10(7)12(3,4)5/h6H,13H2,1-5H3,(H,14,15). The Morgan fingerprint density at radius 1 is 1.38 bits per heavy atom. The van der Waals surface area contributed by atoms with Gasteiger partial charge in [0.1, 0.15) is 4.88 Å². The maximum atomic E-state index is 11.1. The fraction of sp³-hybridized carbons (Fsp3) is 0.583. The molecule has 0 atom stereocenters. The van der Waals surface area contributed by atoms with Crippen molar-refractivity contribution >= 4 is 23.0 Å². The van der Waals surface area contributed by atoms with Gasteiger partial charge in [0.2, 0.25) is 0 Å². The van der Waals surface area contributed by atoms with Gasteiger partial charge in [0.25, 0.3) is 0 Å². The van der Waals surface area contributed by atoms with E-state index in [0.29, 0.717) is 5.69 Å². The van der Waals surface area contributed by atoms with Gasteiger partial charge in [0.05, 0.1) is 5.69 Å². The first kappa shape index (κ1) is 13.0. The minimum atomic E-state index is -0.931. The number of aromatic carboxylic acids is 1. The van der Waals surface area contributed by atoms with Crippen molar-refractivity contribution in [1.29, 1.82) is 0 Å². The van der Waals surface area contributed by atoms with Crippen LogP contribution in [0.5, 0.6) is 0 Å². The molecular formula is C12H19NO2S. The summed E-state index contributed by atoms with van der Waals surface area (Å²) in [5.41, 5.74) is 7.31. The summed E-state index contributed by atoms with van der Waals surface area (Å²) in [6.45, 7) is 10.3. The van der Waals surface area contributed by atoms with E-state index in [1.165, 1.54) is 11.3 Å². The third kappa shape index (κ3) is 2.21. The van der Waals surface area contributed by atoms with Gasteiger partial charge < -0.3 is 10.8 Å². The van der Waals surface area contributed by atoms with E-state index in [0.717, 1.165) is 10.4 Å². The molecule has 0 saturated heterocycles. The van der Waals surface area contributed by atoms with Gasteiger partial charge in [-0.25, -0.2) is 4.79 Å². The van der Waals surface area contributed by atoms with Crippen molar-refractivity contribution in [3.8, 4) is 0 Å². The van der Waals surface area contributed by atoms with E-state index in [9.17, 15) is 4.79 Å². The van der Waals surface area contributed by atoms with Gasteiger partial charge in [-0.3, -0.25) is 0 Å². The number of hydrogen-bond acceptors (Lipinski definition) is 3. The Balaban J connectivity index is 3.50. The van der Waals surface area contributed by atoms with Gasteiger partial charge in [-0.05, 0) is 16.9 Å². The zero-order valence-electron chi connectivity index (χ0n) is 10.4. The highest BCUT2D eigenvalue weighted by Crippen LogP contribution is 2.42. The number of nitrogens with two attached hydrogens (primary N) is 1. The smallest absolute Gasteiger partial charge is 0.348 e. The van der Waals surface area contributed by atoms with Crippen LogP contribution in [0.4, 0.5) is 5.69 Å². The molecule has 0 fully saturated rings. The highest BCUT2D eigenvalue weighted by molar-refractivity contribution is 7.15. The average Bonchev–Trinajstić information content (AvgIpc) is 2.41. The van der Waals surface area contributed by atoms with Crippen LogP contribution < -0.4 is 5.73 Å². The summed E-state index contributed by atoms with van der Waals surface area (Å²) in [5.74, 6) is -0.682. The second-order valence-electron chi connectivity index (χ2n) is 5.30. The molecule has 0 bridgehead atoms. The second-order valence-corrected chi connectivity index (χ2v) is 6.32. The zero-order valence-corrected chi connectivity index (χ0v) is 11.2.